The van der Waals surface area contributed by atoms with Crippen LogP contribution in [0.25, 0.3) is 11.1 Å². The molecule has 1 N–H and O–H groups in total. The molecular weight excluding hydrogens is 502 g/mol. The predicted octanol–water partition coefficient (Wildman–Crippen LogP) is 9.12. The summed E-state index contributed by atoms with van der Waals surface area (Å²) in [5, 5.41) is 12.6. The second-order valence-corrected chi connectivity index (χ2v) is 9.88. The fraction of sp³-hybridized carbons (Fsp3) is 0.0526. The van der Waals surface area contributed by atoms with Gasteiger partial charge in [-0.05, 0) is 53.1 Å². The number of nitrogens with zero attached hydrogens (tertiary/aromatic N) is 1. The number of rotatable bonds is 8. The van der Waals surface area contributed by atoms with Gasteiger partial charge in [0.15, 0.2) is 0 Å². The maximum atomic E-state index is 12.6. The zero-order valence-corrected chi connectivity index (χ0v) is 22.9. The van der Waals surface area contributed by atoms with Crippen LogP contribution in [0.4, 0.5) is 17.1 Å². The SMILES string of the molecule is COc1cc(N(c2ccccc2)c2ccccc2)ccc1-c1ccccc1C(O)(c1ccccc1)c1ccccc1. The van der Waals surface area contributed by atoms with Crippen LogP contribution in [0.3, 0.4) is 0 Å². The van der Waals surface area contributed by atoms with Gasteiger partial charge >= 0.3 is 0 Å². The maximum absolute atomic E-state index is 12.6. The molecule has 0 aliphatic carbocycles. The molecule has 3 nitrogen and oxygen atoms in total. The predicted molar refractivity (Wildman–Crippen MR) is 168 cm³/mol. The number of hydrogen-bond acceptors (Lipinski definition) is 3. The van der Waals surface area contributed by atoms with Crippen LogP contribution >= 0.6 is 0 Å². The molecule has 0 bridgehead atoms. The molecule has 0 radical (unpaired) electrons. The third-order valence-electron chi connectivity index (χ3n) is 7.46. The molecule has 0 aliphatic heterocycles. The fourth-order valence-electron chi connectivity index (χ4n) is 5.51. The van der Waals surface area contributed by atoms with Gasteiger partial charge in [-0.3, -0.25) is 0 Å². The molecule has 6 aromatic rings. The van der Waals surface area contributed by atoms with E-state index in [9.17, 15) is 5.11 Å². The van der Waals surface area contributed by atoms with E-state index in [0.717, 1.165) is 50.6 Å². The molecule has 0 aliphatic rings. The van der Waals surface area contributed by atoms with Gasteiger partial charge in [0.25, 0.3) is 0 Å². The van der Waals surface area contributed by atoms with Crippen molar-refractivity contribution in [3.8, 4) is 16.9 Å². The Hall–Kier alpha value is -5.12. The molecule has 41 heavy (non-hydrogen) atoms. The molecule has 0 aromatic heterocycles. The van der Waals surface area contributed by atoms with Gasteiger partial charge in [-0.15, -0.1) is 0 Å². The van der Waals surface area contributed by atoms with E-state index in [-0.39, 0.29) is 0 Å². The number of hydrogen-bond donors (Lipinski definition) is 1. The highest BCUT2D eigenvalue weighted by atomic mass is 16.5. The quantitative estimate of drug-likeness (QED) is 0.198. The zero-order valence-electron chi connectivity index (χ0n) is 22.9. The third kappa shape index (κ3) is 5.00. The molecule has 0 saturated carbocycles. The highest BCUT2D eigenvalue weighted by Gasteiger charge is 2.36. The van der Waals surface area contributed by atoms with Crippen LogP contribution < -0.4 is 9.64 Å². The first-order chi connectivity index (χ1) is 20.2. The Kier molecular flexibility index (Phi) is 7.36. The fourth-order valence-corrected chi connectivity index (χ4v) is 5.51. The standard InChI is InChI=1S/C38H31NO2/c1-41-37-28-33(39(31-20-10-4-11-21-31)32-22-12-5-13-23-32)26-27-35(37)34-24-14-15-25-36(34)38(40,29-16-6-2-7-17-29)30-18-8-3-9-19-30/h2-28,40H,1H3. The molecule has 0 atom stereocenters. The van der Waals surface area contributed by atoms with Crippen LogP contribution in [0.1, 0.15) is 16.7 Å². The van der Waals surface area contributed by atoms with Gasteiger partial charge < -0.3 is 14.7 Å². The molecule has 200 valence electrons. The van der Waals surface area contributed by atoms with Gasteiger partial charge in [0.2, 0.25) is 0 Å². The van der Waals surface area contributed by atoms with E-state index in [1.54, 1.807) is 7.11 Å². The number of anilines is 3. The van der Waals surface area contributed by atoms with E-state index in [4.69, 9.17) is 4.74 Å². The van der Waals surface area contributed by atoms with Gasteiger partial charge in [0, 0.05) is 34.3 Å². The van der Waals surface area contributed by atoms with Crippen molar-refractivity contribution in [1.82, 2.24) is 0 Å². The summed E-state index contributed by atoms with van der Waals surface area (Å²) in [6, 6.07) is 54.6. The molecule has 6 aromatic carbocycles. The number of methoxy groups -OCH3 is 1. The van der Waals surface area contributed by atoms with Gasteiger partial charge in [0.05, 0.1) is 7.11 Å². The molecule has 0 fully saturated rings. The van der Waals surface area contributed by atoms with Crippen molar-refractivity contribution in [3.05, 3.63) is 180 Å². The summed E-state index contributed by atoms with van der Waals surface area (Å²) in [7, 11) is 1.70. The summed E-state index contributed by atoms with van der Waals surface area (Å²) in [6.07, 6.45) is 0. The highest BCUT2D eigenvalue weighted by molar-refractivity contribution is 5.82. The summed E-state index contributed by atoms with van der Waals surface area (Å²) < 4.78 is 6.03. The molecule has 0 spiro atoms. The van der Waals surface area contributed by atoms with Crippen LogP contribution in [0.2, 0.25) is 0 Å². The van der Waals surface area contributed by atoms with Crippen molar-refractivity contribution in [1.29, 1.82) is 0 Å². The average Bonchev–Trinajstić information content (AvgIpc) is 3.06. The Balaban J connectivity index is 1.53. The summed E-state index contributed by atoms with van der Waals surface area (Å²) >= 11 is 0. The van der Waals surface area contributed by atoms with E-state index >= 15 is 0 Å². The molecule has 0 unspecified atom stereocenters. The number of aliphatic hydroxyl groups is 1. The van der Waals surface area contributed by atoms with Gasteiger partial charge in [0.1, 0.15) is 11.4 Å². The summed E-state index contributed by atoms with van der Waals surface area (Å²) in [6.45, 7) is 0. The van der Waals surface area contributed by atoms with Crippen molar-refractivity contribution < 1.29 is 9.84 Å². The molecule has 6 rings (SSSR count). The molecule has 0 amide bonds. The van der Waals surface area contributed by atoms with Crippen LogP contribution in [0.5, 0.6) is 5.75 Å². The van der Waals surface area contributed by atoms with Gasteiger partial charge in [-0.2, -0.15) is 0 Å². The summed E-state index contributed by atoms with van der Waals surface area (Å²) in [5.41, 5.74) is 5.89. The van der Waals surface area contributed by atoms with Gasteiger partial charge in [-0.25, -0.2) is 0 Å². The Bertz CT molecular complexity index is 1640. The largest absolute Gasteiger partial charge is 0.496 e. The lowest BCUT2D eigenvalue weighted by Gasteiger charge is -2.32. The Labute approximate surface area is 241 Å². The normalized spacial score (nSPS) is 11.2. The first-order valence-corrected chi connectivity index (χ1v) is 13.7. The van der Waals surface area contributed by atoms with E-state index < -0.39 is 5.60 Å². The Morgan fingerprint density at radius 2 is 0.951 bits per heavy atom. The summed E-state index contributed by atoms with van der Waals surface area (Å²) in [5.74, 6) is 0.718. The van der Waals surface area contributed by atoms with Crippen molar-refractivity contribution in [2.24, 2.45) is 0 Å². The third-order valence-corrected chi connectivity index (χ3v) is 7.46. The smallest absolute Gasteiger partial charge is 0.141 e. The van der Waals surface area contributed by atoms with E-state index in [2.05, 4.69) is 53.4 Å². The van der Waals surface area contributed by atoms with E-state index in [1.165, 1.54) is 0 Å². The molecule has 0 heterocycles. The highest BCUT2D eigenvalue weighted by Crippen LogP contribution is 2.45. The Morgan fingerprint density at radius 1 is 0.488 bits per heavy atom. The Morgan fingerprint density at radius 3 is 1.46 bits per heavy atom. The second-order valence-electron chi connectivity index (χ2n) is 9.88. The minimum atomic E-state index is -1.37. The number of ether oxygens (including phenoxy) is 1. The maximum Gasteiger partial charge on any atom is 0.141 e. The lowest BCUT2D eigenvalue weighted by atomic mass is 9.77. The summed E-state index contributed by atoms with van der Waals surface area (Å²) in [4.78, 5) is 2.21. The van der Waals surface area contributed by atoms with Gasteiger partial charge in [-0.1, -0.05) is 121 Å². The van der Waals surface area contributed by atoms with Crippen LogP contribution in [0, 0.1) is 0 Å². The lowest BCUT2D eigenvalue weighted by molar-refractivity contribution is 0.126. The van der Waals surface area contributed by atoms with Crippen molar-refractivity contribution >= 4 is 17.1 Å². The number of benzene rings is 6. The molecule has 0 saturated heterocycles. The van der Waals surface area contributed by atoms with Crippen molar-refractivity contribution in [2.45, 2.75) is 5.60 Å². The minimum Gasteiger partial charge on any atom is -0.496 e. The monoisotopic (exact) mass is 533 g/mol. The minimum absolute atomic E-state index is 0.718. The topological polar surface area (TPSA) is 32.7 Å². The lowest BCUT2D eigenvalue weighted by Crippen LogP contribution is -2.29. The molecule has 3 heteroatoms. The van der Waals surface area contributed by atoms with Crippen molar-refractivity contribution in [2.75, 3.05) is 12.0 Å². The van der Waals surface area contributed by atoms with Crippen LogP contribution in [-0.2, 0) is 5.60 Å². The van der Waals surface area contributed by atoms with Crippen LogP contribution in [-0.4, -0.2) is 12.2 Å². The average molecular weight is 534 g/mol. The first-order valence-electron chi connectivity index (χ1n) is 13.7. The first kappa shape index (κ1) is 26.1. The second kappa shape index (κ2) is 11.5. The van der Waals surface area contributed by atoms with Crippen LogP contribution in [0.15, 0.2) is 164 Å². The zero-order chi connectivity index (χ0) is 28.1. The van der Waals surface area contributed by atoms with E-state index in [0.29, 0.717) is 0 Å². The van der Waals surface area contributed by atoms with E-state index in [1.807, 2.05) is 115 Å². The molecular formula is C38H31NO2. The number of para-hydroxylation sites is 2. The van der Waals surface area contributed by atoms with Crippen molar-refractivity contribution in [3.63, 3.8) is 0 Å².